The Hall–Kier alpha value is -5.97. The van der Waals surface area contributed by atoms with Gasteiger partial charge in [-0.3, -0.25) is 4.79 Å². The minimum absolute atomic E-state index is 0.176. The Morgan fingerprint density at radius 2 is 1.76 bits per heavy atom. The third-order valence-electron chi connectivity index (χ3n) is 8.24. The molecule has 0 aliphatic carbocycles. The van der Waals surface area contributed by atoms with Crippen LogP contribution in [0.5, 0.6) is 5.75 Å². The van der Waals surface area contributed by atoms with Crippen LogP contribution in [-0.4, -0.2) is 63.1 Å². The van der Waals surface area contributed by atoms with Crippen molar-refractivity contribution in [2.45, 2.75) is 6.54 Å². The number of nitrogens with one attached hydrogen (secondary N) is 3. The Kier molecular flexibility index (Phi) is 9.28. The molecule has 0 fully saturated rings. The lowest BCUT2D eigenvalue weighted by Crippen LogP contribution is -2.12. The number of ether oxygens (including phenoxy) is 1. The summed E-state index contributed by atoms with van der Waals surface area (Å²) >= 11 is 6.58. The zero-order chi connectivity index (χ0) is 34.6. The number of fused-ring (bicyclic) bond motifs is 2. The summed E-state index contributed by atoms with van der Waals surface area (Å²) in [7, 11) is 5.57. The van der Waals surface area contributed by atoms with Gasteiger partial charge >= 0.3 is 0 Å². The van der Waals surface area contributed by atoms with E-state index in [9.17, 15) is 4.79 Å². The number of benzene rings is 4. The lowest BCUT2D eigenvalue weighted by Gasteiger charge is -2.12. The monoisotopic (exact) mass is 682 g/mol. The molecule has 0 radical (unpaired) electrons. The number of aromatic amines is 1. The van der Waals surface area contributed by atoms with E-state index < -0.39 is 0 Å². The summed E-state index contributed by atoms with van der Waals surface area (Å²) in [4.78, 5) is 32.0. The molecule has 11 heteroatoms. The van der Waals surface area contributed by atoms with Crippen LogP contribution in [0.1, 0.15) is 5.56 Å². The van der Waals surface area contributed by atoms with Crippen LogP contribution in [0.25, 0.3) is 44.6 Å². The number of rotatable bonds is 11. The van der Waals surface area contributed by atoms with E-state index in [0.717, 1.165) is 55.9 Å². The molecule has 3 aromatic heterocycles. The first-order valence-corrected chi connectivity index (χ1v) is 16.4. The maximum atomic E-state index is 12.4. The van der Waals surface area contributed by atoms with Crippen molar-refractivity contribution in [3.8, 4) is 28.4 Å². The van der Waals surface area contributed by atoms with Gasteiger partial charge in [0.2, 0.25) is 11.9 Å². The SMILES string of the molecule is COc1ccc(Cn2c(-c3ccc(NC(=O)C=CCN(C)C)cc3)nc3cc(Nc4ncc(Cl)c(-c5c[nH]c6ccccc56)n4)ccc32)cc1. The molecule has 0 spiro atoms. The molecule has 250 valence electrons. The van der Waals surface area contributed by atoms with Crippen molar-refractivity contribution < 1.29 is 9.53 Å². The van der Waals surface area contributed by atoms with E-state index in [1.54, 1.807) is 19.4 Å². The highest BCUT2D eigenvalue weighted by Crippen LogP contribution is 2.34. The number of likely N-dealkylation sites (N-methyl/N-ethyl adjacent to an activating group) is 1. The summed E-state index contributed by atoms with van der Waals surface area (Å²) in [6.07, 6.45) is 6.90. The zero-order valence-electron chi connectivity index (χ0n) is 27.8. The molecule has 1 amide bonds. The van der Waals surface area contributed by atoms with Gasteiger partial charge in [0.15, 0.2) is 0 Å². The number of hydrogen-bond acceptors (Lipinski definition) is 7. The number of carbonyl (C=O) groups is 1. The molecule has 0 unspecified atom stereocenters. The first-order valence-electron chi connectivity index (χ1n) is 16.1. The van der Waals surface area contributed by atoms with Crippen LogP contribution in [-0.2, 0) is 11.3 Å². The van der Waals surface area contributed by atoms with E-state index in [4.69, 9.17) is 26.3 Å². The number of para-hydroxylation sites is 1. The quantitative estimate of drug-likeness (QED) is 0.118. The molecule has 50 heavy (non-hydrogen) atoms. The Labute approximate surface area is 294 Å². The fourth-order valence-electron chi connectivity index (χ4n) is 5.77. The summed E-state index contributed by atoms with van der Waals surface area (Å²) in [5, 5.41) is 7.77. The van der Waals surface area contributed by atoms with Gasteiger partial charge in [0.25, 0.3) is 0 Å². The third kappa shape index (κ3) is 7.07. The van der Waals surface area contributed by atoms with E-state index in [2.05, 4.69) is 37.3 Å². The molecule has 7 rings (SSSR count). The van der Waals surface area contributed by atoms with Crippen molar-refractivity contribution >= 4 is 56.8 Å². The van der Waals surface area contributed by atoms with Gasteiger partial charge in [-0.1, -0.05) is 48.0 Å². The summed E-state index contributed by atoms with van der Waals surface area (Å²) in [6.45, 7) is 1.28. The molecule has 0 aliphatic rings. The summed E-state index contributed by atoms with van der Waals surface area (Å²) in [5.74, 6) is 1.83. The van der Waals surface area contributed by atoms with Crippen molar-refractivity contribution in [2.24, 2.45) is 0 Å². The molecule has 3 heterocycles. The average Bonchev–Trinajstić information content (AvgIpc) is 3.71. The first kappa shape index (κ1) is 32.6. The number of hydrogen-bond donors (Lipinski definition) is 3. The van der Waals surface area contributed by atoms with Gasteiger partial charge in [-0.25, -0.2) is 15.0 Å². The highest BCUT2D eigenvalue weighted by atomic mass is 35.5. The van der Waals surface area contributed by atoms with Crippen molar-refractivity contribution in [2.75, 3.05) is 38.4 Å². The van der Waals surface area contributed by atoms with Gasteiger partial charge in [0.05, 0.1) is 35.1 Å². The average molecular weight is 683 g/mol. The molecule has 3 N–H and O–H groups in total. The number of aromatic nitrogens is 5. The van der Waals surface area contributed by atoms with Gasteiger partial charge in [-0.2, -0.15) is 0 Å². The number of anilines is 3. The Bertz CT molecular complexity index is 2330. The molecule has 0 saturated carbocycles. The van der Waals surface area contributed by atoms with Gasteiger partial charge < -0.3 is 29.8 Å². The van der Waals surface area contributed by atoms with E-state index in [1.807, 2.05) is 110 Å². The van der Waals surface area contributed by atoms with Gasteiger partial charge in [0, 0.05) is 58.8 Å². The predicted molar refractivity (Wildman–Crippen MR) is 201 cm³/mol. The van der Waals surface area contributed by atoms with Crippen LogP contribution in [0.15, 0.2) is 116 Å². The van der Waals surface area contributed by atoms with Gasteiger partial charge in [0.1, 0.15) is 11.6 Å². The Morgan fingerprint density at radius 1 is 0.980 bits per heavy atom. The molecule has 0 atom stereocenters. The summed E-state index contributed by atoms with van der Waals surface area (Å²) in [6, 6.07) is 29.8. The highest BCUT2D eigenvalue weighted by Gasteiger charge is 2.16. The third-order valence-corrected chi connectivity index (χ3v) is 8.52. The first-order chi connectivity index (χ1) is 24.3. The Morgan fingerprint density at radius 3 is 2.54 bits per heavy atom. The van der Waals surface area contributed by atoms with Crippen LogP contribution in [0.3, 0.4) is 0 Å². The molecule has 0 bridgehead atoms. The van der Waals surface area contributed by atoms with Crippen LogP contribution < -0.4 is 15.4 Å². The topological polar surface area (TPSA) is 113 Å². The fraction of sp³-hybridized carbons (Fsp3) is 0.128. The van der Waals surface area contributed by atoms with Gasteiger partial charge in [-0.15, -0.1) is 0 Å². The van der Waals surface area contributed by atoms with Crippen molar-refractivity contribution in [1.82, 2.24) is 29.4 Å². The molecule has 7 aromatic rings. The second-order valence-corrected chi connectivity index (χ2v) is 12.5. The second kappa shape index (κ2) is 14.3. The lowest BCUT2D eigenvalue weighted by molar-refractivity contribution is -0.111. The van der Waals surface area contributed by atoms with Crippen molar-refractivity contribution in [1.29, 1.82) is 0 Å². The van der Waals surface area contributed by atoms with E-state index >= 15 is 0 Å². The number of imidazole rings is 1. The standard InChI is InChI=1S/C39H35ClN8O2/c1-47(2)20-6-9-36(49)43-27-14-12-26(13-15-27)38-45-34-21-28(16-19-35(34)48(38)24-25-10-17-29(50-3)18-11-25)44-39-42-23-32(40)37(46-39)31-22-41-33-8-5-4-7-30(31)33/h4-19,21-23,41H,20,24H2,1-3H3,(H,43,49)(H,42,44,46). The van der Waals surface area contributed by atoms with E-state index in [1.165, 1.54) is 0 Å². The number of nitrogens with zero attached hydrogens (tertiary/aromatic N) is 5. The summed E-state index contributed by atoms with van der Waals surface area (Å²) < 4.78 is 7.56. The molecule has 4 aromatic carbocycles. The largest absolute Gasteiger partial charge is 0.497 e. The zero-order valence-corrected chi connectivity index (χ0v) is 28.6. The molecular weight excluding hydrogens is 648 g/mol. The minimum atomic E-state index is -0.176. The second-order valence-electron chi connectivity index (χ2n) is 12.1. The van der Waals surface area contributed by atoms with Crippen molar-refractivity contribution in [3.05, 3.63) is 126 Å². The number of carbonyl (C=O) groups excluding carboxylic acids is 1. The van der Waals surface area contributed by atoms with Crippen LogP contribution in [0.2, 0.25) is 5.02 Å². The van der Waals surface area contributed by atoms with E-state index in [0.29, 0.717) is 35.4 Å². The maximum Gasteiger partial charge on any atom is 0.248 e. The van der Waals surface area contributed by atoms with Crippen LogP contribution >= 0.6 is 11.6 Å². The van der Waals surface area contributed by atoms with Crippen LogP contribution in [0, 0.1) is 0 Å². The van der Waals surface area contributed by atoms with Gasteiger partial charge in [-0.05, 0) is 80.3 Å². The normalized spacial score (nSPS) is 11.5. The van der Waals surface area contributed by atoms with Crippen LogP contribution in [0.4, 0.5) is 17.3 Å². The number of amides is 1. The number of halogens is 1. The maximum absolute atomic E-state index is 12.4. The molecular formula is C39H35ClN8O2. The number of methoxy groups -OCH3 is 1. The predicted octanol–water partition coefficient (Wildman–Crippen LogP) is 8.15. The molecule has 0 saturated heterocycles. The smallest absolute Gasteiger partial charge is 0.248 e. The number of H-pyrrole nitrogens is 1. The molecule has 0 aliphatic heterocycles. The minimum Gasteiger partial charge on any atom is -0.497 e. The highest BCUT2D eigenvalue weighted by molar-refractivity contribution is 6.33. The summed E-state index contributed by atoms with van der Waals surface area (Å²) in [5.41, 5.74) is 7.80. The lowest BCUT2D eigenvalue weighted by atomic mass is 10.1. The van der Waals surface area contributed by atoms with E-state index in [-0.39, 0.29) is 5.91 Å². The van der Waals surface area contributed by atoms with Crippen molar-refractivity contribution in [3.63, 3.8) is 0 Å². The Balaban J connectivity index is 1.20. The molecule has 10 nitrogen and oxygen atoms in total. The fourth-order valence-corrected chi connectivity index (χ4v) is 5.96.